The highest BCUT2D eigenvalue weighted by atomic mass is 35.5. The minimum atomic E-state index is -0.305. The van der Waals surface area contributed by atoms with Crippen molar-refractivity contribution in [3.8, 4) is 11.1 Å². The van der Waals surface area contributed by atoms with Gasteiger partial charge < -0.3 is 0 Å². The fraction of sp³-hybridized carbons (Fsp3) is 0. The average Bonchev–Trinajstić information content (AvgIpc) is 2.31. The van der Waals surface area contributed by atoms with Gasteiger partial charge in [0, 0.05) is 11.1 Å². The van der Waals surface area contributed by atoms with E-state index in [1.807, 2.05) is 0 Å². The molecule has 84 valence electrons. The van der Waals surface area contributed by atoms with Gasteiger partial charge in [0.05, 0.1) is 15.9 Å². The molecule has 0 aliphatic heterocycles. The maximum absolute atomic E-state index is 13.6. The molecule has 0 aliphatic carbocycles. The van der Waals surface area contributed by atoms with Gasteiger partial charge in [-0.15, -0.1) is 0 Å². The van der Waals surface area contributed by atoms with E-state index in [9.17, 15) is 4.39 Å². The molecule has 0 heterocycles. The lowest BCUT2D eigenvalue weighted by Crippen LogP contribution is -1.84. The predicted molar refractivity (Wildman–Crippen MR) is 71.5 cm³/mol. The quantitative estimate of drug-likeness (QED) is 0.556. The zero-order valence-corrected chi connectivity index (χ0v) is 10.2. The summed E-state index contributed by atoms with van der Waals surface area (Å²) >= 11 is 10.6. The lowest BCUT2D eigenvalue weighted by atomic mass is 10.0. The van der Waals surface area contributed by atoms with Crippen LogP contribution in [0.15, 0.2) is 47.5 Å². The minimum Gasteiger partial charge on any atom is -0.206 e. The van der Waals surface area contributed by atoms with E-state index >= 15 is 0 Å². The summed E-state index contributed by atoms with van der Waals surface area (Å²) in [4.78, 5) is 3.81. The Hall–Kier alpha value is -1.54. The molecule has 0 spiro atoms. The lowest BCUT2D eigenvalue weighted by molar-refractivity contribution is 0.631. The fourth-order valence-corrected chi connectivity index (χ4v) is 1.91. The summed E-state index contributed by atoms with van der Waals surface area (Å²) in [7, 11) is 0. The number of hydrogen-bond donors (Lipinski definition) is 0. The summed E-state index contributed by atoms with van der Waals surface area (Å²) in [6, 6.07) is 11.5. The van der Waals surface area contributed by atoms with Crippen LogP contribution in [0.25, 0.3) is 11.1 Å². The molecule has 4 heteroatoms. The van der Waals surface area contributed by atoms with Crippen LogP contribution in [0.2, 0.25) is 5.02 Å². The number of aliphatic imine (C=N–C) groups is 1. The van der Waals surface area contributed by atoms with Crippen molar-refractivity contribution in [3.05, 3.63) is 53.3 Å². The topological polar surface area (TPSA) is 12.4 Å². The van der Waals surface area contributed by atoms with Crippen molar-refractivity contribution in [2.24, 2.45) is 4.99 Å². The Kier molecular flexibility index (Phi) is 3.64. The number of nitrogens with zero attached hydrogens (tertiary/aromatic N) is 1. The third-order valence-corrected chi connectivity index (χ3v) is 2.70. The van der Waals surface area contributed by atoms with Gasteiger partial charge in [-0.1, -0.05) is 35.9 Å². The van der Waals surface area contributed by atoms with E-state index < -0.39 is 0 Å². The first-order valence-electron chi connectivity index (χ1n) is 4.84. The first-order chi connectivity index (χ1) is 8.22. The number of isothiocyanates is 1. The molecule has 0 N–H and O–H groups in total. The lowest BCUT2D eigenvalue weighted by Gasteiger charge is -2.06. The number of rotatable bonds is 2. The molecule has 0 radical (unpaired) electrons. The zero-order chi connectivity index (χ0) is 12.3. The molecular formula is C13H7ClFNS. The summed E-state index contributed by atoms with van der Waals surface area (Å²) in [5, 5.41) is 2.69. The van der Waals surface area contributed by atoms with Crippen LogP contribution in [0.1, 0.15) is 0 Å². The Balaban J connectivity index is 2.54. The summed E-state index contributed by atoms with van der Waals surface area (Å²) in [6.45, 7) is 0. The van der Waals surface area contributed by atoms with Crippen molar-refractivity contribution in [1.29, 1.82) is 0 Å². The molecule has 0 unspecified atom stereocenters. The molecule has 2 rings (SSSR count). The van der Waals surface area contributed by atoms with E-state index in [4.69, 9.17) is 11.6 Å². The van der Waals surface area contributed by atoms with Gasteiger partial charge in [0.25, 0.3) is 0 Å². The van der Waals surface area contributed by atoms with Gasteiger partial charge in [-0.3, -0.25) is 0 Å². The highest BCUT2D eigenvalue weighted by Crippen LogP contribution is 2.32. The van der Waals surface area contributed by atoms with Crippen molar-refractivity contribution in [1.82, 2.24) is 0 Å². The van der Waals surface area contributed by atoms with E-state index in [1.54, 1.807) is 36.4 Å². The highest BCUT2D eigenvalue weighted by Gasteiger charge is 2.08. The maximum atomic E-state index is 13.6. The van der Waals surface area contributed by atoms with Gasteiger partial charge in [-0.25, -0.2) is 4.39 Å². The Morgan fingerprint density at radius 2 is 1.88 bits per heavy atom. The van der Waals surface area contributed by atoms with Crippen molar-refractivity contribution in [2.45, 2.75) is 0 Å². The fourth-order valence-electron chi connectivity index (χ4n) is 1.52. The summed E-state index contributed by atoms with van der Waals surface area (Å²) < 4.78 is 13.6. The molecule has 0 aliphatic rings. The number of hydrogen-bond acceptors (Lipinski definition) is 2. The molecule has 1 nitrogen and oxygen atoms in total. The SMILES string of the molecule is Fc1ccccc1-c1ccc(N=C=S)cc1Cl. The van der Waals surface area contributed by atoms with Crippen LogP contribution in [0.5, 0.6) is 0 Å². The smallest absolute Gasteiger partial charge is 0.131 e. The second-order valence-electron chi connectivity index (χ2n) is 3.35. The molecular weight excluding hydrogens is 257 g/mol. The number of benzene rings is 2. The van der Waals surface area contributed by atoms with Gasteiger partial charge in [-0.05, 0) is 30.4 Å². The molecule has 2 aromatic rings. The van der Waals surface area contributed by atoms with E-state index in [-0.39, 0.29) is 5.82 Å². The molecule has 0 bridgehead atoms. The second-order valence-corrected chi connectivity index (χ2v) is 3.94. The zero-order valence-electron chi connectivity index (χ0n) is 8.65. The van der Waals surface area contributed by atoms with Crippen LogP contribution < -0.4 is 0 Å². The predicted octanol–water partition coefficient (Wildman–Crippen LogP) is 4.88. The molecule has 0 aromatic heterocycles. The molecule has 0 fully saturated rings. The Morgan fingerprint density at radius 1 is 1.12 bits per heavy atom. The van der Waals surface area contributed by atoms with Crippen molar-refractivity contribution < 1.29 is 4.39 Å². The molecule has 0 atom stereocenters. The number of thiocarbonyl (C=S) groups is 1. The van der Waals surface area contributed by atoms with Crippen molar-refractivity contribution >= 4 is 34.7 Å². The van der Waals surface area contributed by atoms with Crippen LogP contribution in [0.4, 0.5) is 10.1 Å². The van der Waals surface area contributed by atoms with Crippen LogP contribution in [-0.4, -0.2) is 5.16 Å². The minimum absolute atomic E-state index is 0.305. The van der Waals surface area contributed by atoms with Crippen LogP contribution in [0, 0.1) is 5.82 Å². The molecule has 0 saturated heterocycles. The number of halogens is 2. The Bertz CT molecular complexity index is 606. The summed E-state index contributed by atoms with van der Waals surface area (Å²) in [6.07, 6.45) is 0. The van der Waals surface area contributed by atoms with Gasteiger partial charge in [0.1, 0.15) is 5.82 Å². The second kappa shape index (κ2) is 5.19. The normalized spacial score (nSPS) is 9.76. The van der Waals surface area contributed by atoms with Gasteiger partial charge in [0.2, 0.25) is 0 Å². The van der Waals surface area contributed by atoms with Crippen molar-refractivity contribution in [2.75, 3.05) is 0 Å². The van der Waals surface area contributed by atoms with Crippen LogP contribution >= 0.6 is 23.8 Å². The van der Waals surface area contributed by atoms with Gasteiger partial charge in [0.15, 0.2) is 0 Å². The average molecular weight is 264 g/mol. The standard InChI is InChI=1S/C13H7ClFNS/c14-12-7-9(16-8-17)5-6-10(12)11-3-1-2-4-13(11)15/h1-7H. The van der Waals surface area contributed by atoms with Gasteiger partial charge in [-0.2, -0.15) is 4.99 Å². The molecule has 17 heavy (non-hydrogen) atoms. The third-order valence-electron chi connectivity index (χ3n) is 2.29. The highest BCUT2D eigenvalue weighted by molar-refractivity contribution is 7.78. The first kappa shape index (κ1) is 11.9. The maximum Gasteiger partial charge on any atom is 0.131 e. The van der Waals surface area contributed by atoms with E-state index in [2.05, 4.69) is 22.4 Å². The molecule has 0 saturated carbocycles. The third kappa shape index (κ3) is 2.59. The monoisotopic (exact) mass is 263 g/mol. The van der Waals surface area contributed by atoms with Gasteiger partial charge >= 0.3 is 0 Å². The first-order valence-corrected chi connectivity index (χ1v) is 5.63. The molecule has 2 aromatic carbocycles. The Morgan fingerprint density at radius 3 is 2.53 bits per heavy atom. The largest absolute Gasteiger partial charge is 0.206 e. The Labute approximate surface area is 109 Å². The van der Waals surface area contributed by atoms with Crippen LogP contribution in [-0.2, 0) is 0 Å². The van der Waals surface area contributed by atoms with E-state index in [0.717, 1.165) is 0 Å². The van der Waals surface area contributed by atoms with E-state index in [0.29, 0.717) is 21.8 Å². The summed E-state index contributed by atoms with van der Waals surface area (Å²) in [5.41, 5.74) is 1.70. The van der Waals surface area contributed by atoms with Crippen LogP contribution in [0.3, 0.4) is 0 Å². The summed E-state index contributed by atoms with van der Waals surface area (Å²) in [5.74, 6) is -0.305. The van der Waals surface area contributed by atoms with E-state index in [1.165, 1.54) is 6.07 Å². The van der Waals surface area contributed by atoms with Crippen molar-refractivity contribution in [3.63, 3.8) is 0 Å². The molecule has 0 amide bonds.